The predicted molar refractivity (Wildman–Crippen MR) is 95.6 cm³/mol. The number of aliphatic hydroxyl groups excluding tert-OH is 3. The van der Waals surface area contributed by atoms with E-state index in [1.54, 1.807) is 0 Å². The third-order valence-corrected chi connectivity index (χ3v) is 4.75. The molecule has 1 aliphatic rings. The van der Waals surface area contributed by atoms with Crippen LogP contribution in [0.1, 0.15) is 31.2 Å². The van der Waals surface area contributed by atoms with Gasteiger partial charge in [-0.2, -0.15) is 0 Å². The Labute approximate surface area is 161 Å². The van der Waals surface area contributed by atoms with Crippen molar-refractivity contribution >= 4 is 5.70 Å². The van der Waals surface area contributed by atoms with E-state index in [-0.39, 0.29) is 24.0 Å². The minimum absolute atomic E-state index is 0.0509. The molecule has 0 radical (unpaired) electrons. The lowest BCUT2D eigenvalue weighted by molar-refractivity contribution is -0.163. The number of unbranched alkanes of at least 4 members (excludes halogenated alkanes) is 1. The summed E-state index contributed by atoms with van der Waals surface area (Å²) in [6.45, 7) is -0.370. The van der Waals surface area contributed by atoms with Crippen LogP contribution in [0.25, 0.3) is 5.70 Å². The summed E-state index contributed by atoms with van der Waals surface area (Å²) in [7, 11) is 0. The number of halogens is 3. The van der Waals surface area contributed by atoms with E-state index in [0.717, 1.165) is 17.1 Å². The van der Waals surface area contributed by atoms with E-state index in [4.69, 9.17) is 21.4 Å². The smallest absolute Gasteiger partial charge is 0.194 e. The second-order valence-corrected chi connectivity index (χ2v) is 6.78. The molecule has 0 saturated carbocycles. The highest BCUT2D eigenvalue weighted by molar-refractivity contribution is 5.62. The Morgan fingerprint density at radius 2 is 1.86 bits per heavy atom. The SMILES string of the molecule is N/C(=C\N(N)C1CC(CCCCO)OC(CO)C1O)c1cc(F)c(F)c(F)c1. The third kappa shape index (κ3) is 5.36. The Balaban J connectivity index is 2.17. The molecular weight excluding hydrogens is 379 g/mol. The van der Waals surface area contributed by atoms with E-state index in [9.17, 15) is 23.4 Å². The average Bonchev–Trinajstić information content (AvgIpc) is 2.66. The number of nitrogens with two attached hydrogens (primary N) is 2. The molecular formula is C18H26F3N3O4. The summed E-state index contributed by atoms with van der Waals surface area (Å²) in [5.74, 6) is 1.63. The number of hydrogen-bond donors (Lipinski definition) is 5. The fourth-order valence-electron chi connectivity index (χ4n) is 3.21. The van der Waals surface area contributed by atoms with Crippen LogP contribution in [0.15, 0.2) is 18.3 Å². The zero-order valence-corrected chi connectivity index (χ0v) is 15.3. The summed E-state index contributed by atoms with van der Waals surface area (Å²) >= 11 is 0. The minimum atomic E-state index is -1.60. The van der Waals surface area contributed by atoms with E-state index in [2.05, 4.69) is 0 Å². The van der Waals surface area contributed by atoms with E-state index in [1.807, 2.05) is 0 Å². The van der Waals surface area contributed by atoms with Crippen molar-refractivity contribution in [3.05, 3.63) is 41.3 Å². The largest absolute Gasteiger partial charge is 0.397 e. The molecule has 2 rings (SSSR count). The molecule has 7 nitrogen and oxygen atoms in total. The van der Waals surface area contributed by atoms with Gasteiger partial charge in [0, 0.05) is 18.4 Å². The van der Waals surface area contributed by atoms with E-state index >= 15 is 0 Å². The first-order chi connectivity index (χ1) is 13.3. The first-order valence-electron chi connectivity index (χ1n) is 8.99. The fraction of sp³-hybridized carbons (Fsp3) is 0.556. The zero-order valence-electron chi connectivity index (χ0n) is 15.3. The van der Waals surface area contributed by atoms with Crippen molar-refractivity contribution in [1.82, 2.24) is 5.01 Å². The first kappa shape index (κ1) is 22.4. The highest BCUT2D eigenvalue weighted by Gasteiger charge is 2.39. The van der Waals surface area contributed by atoms with Gasteiger partial charge < -0.3 is 30.8 Å². The van der Waals surface area contributed by atoms with Crippen LogP contribution in [0.5, 0.6) is 0 Å². The molecule has 0 bridgehead atoms. The third-order valence-electron chi connectivity index (χ3n) is 4.75. The summed E-state index contributed by atoms with van der Waals surface area (Å²) in [6.07, 6.45) is 1.09. The molecule has 1 saturated heterocycles. The Bertz CT molecular complexity index is 669. The normalized spacial score (nSPS) is 25.8. The van der Waals surface area contributed by atoms with Gasteiger partial charge in [0.2, 0.25) is 0 Å². The van der Waals surface area contributed by atoms with Crippen LogP contribution in [0.4, 0.5) is 13.2 Å². The van der Waals surface area contributed by atoms with Gasteiger partial charge in [-0.1, -0.05) is 0 Å². The summed E-state index contributed by atoms with van der Waals surface area (Å²) < 4.78 is 45.6. The Hall–Kier alpha value is -1.85. The van der Waals surface area contributed by atoms with Crippen molar-refractivity contribution < 1.29 is 33.2 Å². The highest BCUT2D eigenvalue weighted by atomic mass is 19.2. The van der Waals surface area contributed by atoms with Gasteiger partial charge >= 0.3 is 0 Å². The summed E-state index contributed by atoms with van der Waals surface area (Å²) in [5.41, 5.74) is 5.60. The molecule has 0 spiro atoms. The monoisotopic (exact) mass is 405 g/mol. The van der Waals surface area contributed by atoms with Crippen molar-refractivity contribution in [3.63, 3.8) is 0 Å². The maximum atomic E-state index is 13.4. The quantitative estimate of drug-likeness (QED) is 0.185. The average molecular weight is 405 g/mol. The van der Waals surface area contributed by atoms with Gasteiger partial charge in [0.1, 0.15) is 12.2 Å². The molecule has 4 unspecified atom stereocenters. The molecule has 4 atom stereocenters. The molecule has 0 amide bonds. The van der Waals surface area contributed by atoms with Gasteiger partial charge in [-0.25, -0.2) is 19.0 Å². The van der Waals surface area contributed by atoms with Crippen molar-refractivity contribution in [2.45, 2.75) is 50.0 Å². The summed E-state index contributed by atoms with van der Waals surface area (Å²) in [6, 6.07) is 0.804. The zero-order chi connectivity index (χ0) is 20.8. The molecule has 7 N–H and O–H groups in total. The molecule has 1 aromatic carbocycles. The predicted octanol–water partition coefficient (Wildman–Crippen LogP) is 0.579. The molecule has 1 heterocycles. The van der Waals surface area contributed by atoms with Crippen LogP contribution in [0.3, 0.4) is 0 Å². The van der Waals surface area contributed by atoms with Crippen LogP contribution in [-0.4, -0.2) is 57.9 Å². The summed E-state index contributed by atoms with van der Waals surface area (Å²) in [5, 5.41) is 29.9. The van der Waals surface area contributed by atoms with Crippen molar-refractivity contribution in [2.24, 2.45) is 11.6 Å². The lowest BCUT2D eigenvalue weighted by Gasteiger charge is -2.42. The number of nitrogens with zero attached hydrogens (tertiary/aromatic N) is 1. The van der Waals surface area contributed by atoms with Crippen LogP contribution in [0, 0.1) is 17.5 Å². The van der Waals surface area contributed by atoms with Gasteiger partial charge in [0.15, 0.2) is 17.5 Å². The lowest BCUT2D eigenvalue weighted by atomic mass is 9.92. The van der Waals surface area contributed by atoms with Crippen molar-refractivity contribution in [1.29, 1.82) is 0 Å². The number of benzene rings is 1. The molecule has 1 aliphatic heterocycles. The van der Waals surface area contributed by atoms with Crippen LogP contribution in [-0.2, 0) is 4.74 Å². The van der Waals surface area contributed by atoms with Gasteiger partial charge in [0.25, 0.3) is 0 Å². The standard InChI is InChI=1S/C18H26F3N3O4/c19-12-5-10(6-13(20)17(12)21)14(22)8-24(23)15-7-11(3-1-2-4-25)28-16(9-26)18(15)27/h5-6,8,11,15-16,18,25-27H,1-4,7,9,22-23H2/b14-8-. The molecule has 10 heteroatoms. The number of ether oxygens (including phenoxy) is 1. The van der Waals surface area contributed by atoms with Crippen molar-refractivity contribution in [2.75, 3.05) is 13.2 Å². The molecule has 1 aromatic rings. The van der Waals surface area contributed by atoms with Gasteiger partial charge in [-0.3, -0.25) is 0 Å². The second-order valence-electron chi connectivity index (χ2n) is 6.78. The fourth-order valence-corrected chi connectivity index (χ4v) is 3.21. The van der Waals surface area contributed by atoms with Crippen molar-refractivity contribution in [3.8, 4) is 0 Å². The number of hydrogen-bond acceptors (Lipinski definition) is 7. The molecule has 158 valence electrons. The van der Waals surface area contributed by atoms with Gasteiger partial charge in [-0.15, -0.1) is 0 Å². The van der Waals surface area contributed by atoms with E-state index in [1.165, 1.54) is 6.20 Å². The second kappa shape index (κ2) is 10.1. The maximum Gasteiger partial charge on any atom is 0.194 e. The first-order valence-corrected chi connectivity index (χ1v) is 8.99. The topological polar surface area (TPSA) is 125 Å². The van der Waals surface area contributed by atoms with Crippen LogP contribution in [0.2, 0.25) is 0 Å². The van der Waals surface area contributed by atoms with Gasteiger partial charge in [-0.05, 0) is 37.8 Å². The molecule has 0 aromatic heterocycles. The Morgan fingerprint density at radius 3 is 2.43 bits per heavy atom. The number of hydrazine groups is 1. The minimum Gasteiger partial charge on any atom is -0.397 e. The van der Waals surface area contributed by atoms with Gasteiger partial charge in [0.05, 0.1) is 24.4 Å². The van der Waals surface area contributed by atoms with E-state index in [0.29, 0.717) is 25.7 Å². The summed E-state index contributed by atoms with van der Waals surface area (Å²) in [4.78, 5) is 0. The maximum absolute atomic E-state index is 13.4. The molecule has 28 heavy (non-hydrogen) atoms. The van der Waals surface area contributed by atoms with Crippen LogP contribution < -0.4 is 11.6 Å². The Kier molecular flexibility index (Phi) is 8.08. The van der Waals surface area contributed by atoms with E-state index < -0.39 is 42.3 Å². The molecule has 1 fully saturated rings. The van der Waals surface area contributed by atoms with Crippen LogP contribution >= 0.6 is 0 Å². The number of rotatable bonds is 8. The highest BCUT2D eigenvalue weighted by Crippen LogP contribution is 2.27. The Morgan fingerprint density at radius 1 is 1.21 bits per heavy atom. The molecule has 0 aliphatic carbocycles. The lowest BCUT2D eigenvalue weighted by Crippen LogP contribution is -2.57. The number of aliphatic hydroxyl groups is 3.